The van der Waals surface area contributed by atoms with E-state index < -0.39 is 5.97 Å². The third kappa shape index (κ3) is 3.92. The molecule has 0 radical (unpaired) electrons. The summed E-state index contributed by atoms with van der Waals surface area (Å²) in [5, 5.41) is 8.97. The highest BCUT2D eigenvalue weighted by atomic mass is 32.1. The molecular weight excluding hydrogens is 300 g/mol. The molecule has 2 rings (SSSR count). The van der Waals surface area contributed by atoms with Gasteiger partial charge >= 0.3 is 5.97 Å². The Labute approximate surface area is 132 Å². The molecule has 0 unspecified atom stereocenters. The van der Waals surface area contributed by atoms with Crippen molar-refractivity contribution in [2.24, 2.45) is 0 Å². The fourth-order valence-corrected chi connectivity index (χ4v) is 2.91. The summed E-state index contributed by atoms with van der Waals surface area (Å²) in [7, 11) is 0. The van der Waals surface area contributed by atoms with Gasteiger partial charge in [-0.15, -0.1) is 11.3 Å². The molecule has 0 aliphatic rings. The Kier molecular flexibility index (Phi) is 5.27. The normalized spacial score (nSPS) is 11.6. The summed E-state index contributed by atoms with van der Waals surface area (Å²) in [5.74, 6) is -0.372. The highest BCUT2D eigenvalue weighted by Crippen LogP contribution is 2.23. The van der Waals surface area contributed by atoms with E-state index >= 15 is 0 Å². The molecule has 0 saturated heterocycles. The number of nitrogens with zero attached hydrogens (tertiary/aromatic N) is 1. The number of carboxylic acids is 1. The van der Waals surface area contributed by atoms with E-state index in [2.05, 4.69) is 9.97 Å². The molecule has 5 nitrogen and oxygen atoms in total. The second-order valence-electron chi connectivity index (χ2n) is 4.87. The first-order valence-corrected chi connectivity index (χ1v) is 7.99. The molecular formula is C16H18N2O3S. The summed E-state index contributed by atoms with van der Waals surface area (Å²) in [6.45, 7) is 4.02. The van der Waals surface area contributed by atoms with Crippen LogP contribution in [-0.4, -0.2) is 21.0 Å². The Morgan fingerprint density at radius 3 is 2.77 bits per heavy atom. The van der Waals surface area contributed by atoms with Crippen molar-refractivity contribution in [1.29, 1.82) is 0 Å². The maximum absolute atomic E-state index is 11.8. The molecule has 2 heterocycles. The number of carbonyl (C=O) groups is 1. The Balaban J connectivity index is 2.40. The predicted molar refractivity (Wildman–Crippen MR) is 88.3 cm³/mol. The minimum Gasteiger partial charge on any atom is -0.477 e. The largest absolute Gasteiger partial charge is 0.477 e. The molecule has 0 aliphatic carbocycles. The molecule has 6 heteroatoms. The third-order valence-electron chi connectivity index (χ3n) is 3.14. The van der Waals surface area contributed by atoms with E-state index in [9.17, 15) is 9.59 Å². The van der Waals surface area contributed by atoms with E-state index in [1.807, 2.05) is 19.9 Å². The van der Waals surface area contributed by atoms with E-state index in [0.717, 1.165) is 29.0 Å². The topological polar surface area (TPSA) is 83.0 Å². The van der Waals surface area contributed by atoms with Crippen LogP contribution in [-0.2, 0) is 6.42 Å². The van der Waals surface area contributed by atoms with Gasteiger partial charge < -0.3 is 10.1 Å². The van der Waals surface area contributed by atoms with Crippen LogP contribution in [0.25, 0.3) is 11.6 Å². The predicted octanol–water partition coefficient (Wildman–Crippen LogP) is 3.43. The molecule has 0 amide bonds. The van der Waals surface area contributed by atoms with Gasteiger partial charge in [0.1, 0.15) is 10.7 Å². The molecule has 116 valence electrons. The van der Waals surface area contributed by atoms with Gasteiger partial charge in [0.2, 0.25) is 0 Å². The molecule has 0 atom stereocenters. The van der Waals surface area contributed by atoms with Gasteiger partial charge in [-0.1, -0.05) is 20.3 Å². The first-order valence-electron chi connectivity index (χ1n) is 7.17. The van der Waals surface area contributed by atoms with Gasteiger partial charge in [-0.3, -0.25) is 4.79 Å². The monoisotopic (exact) mass is 318 g/mol. The van der Waals surface area contributed by atoms with Crippen LogP contribution in [0.2, 0.25) is 0 Å². The fraction of sp³-hybridized carbons (Fsp3) is 0.312. The molecule has 2 aromatic rings. The fourth-order valence-electron chi connectivity index (χ4n) is 2.10. The van der Waals surface area contributed by atoms with Crippen LogP contribution in [0.4, 0.5) is 0 Å². The first kappa shape index (κ1) is 16.2. The first-order chi connectivity index (χ1) is 10.5. The average molecular weight is 318 g/mol. The molecule has 0 bridgehead atoms. The maximum Gasteiger partial charge on any atom is 0.345 e. The number of aromatic carboxylic acids is 1. The lowest BCUT2D eigenvalue weighted by molar-refractivity contribution is 0.0702. The zero-order valence-corrected chi connectivity index (χ0v) is 13.4. The smallest absolute Gasteiger partial charge is 0.345 e. The number of H-pyrrole nitrogens is 1. The molecule has 0 aliphatic heterocycles. The standard InChI is InChI=1S/C16H18N2O3S/c1-3-5-11-9-14(19)18-15(17-11)10(4-2)8-12-6-7-13(22-12)16(20)21/h6-9H,3-5H2,1-2H3,(H,20,21)(H,17,18,19). The van der Waals surface area contributed by atoms with E-state index in [4.69, 9.17) is 5.11 Å². The van der Waals surface area contributed by atoms with Crippen LogP contribution in [0, 0.1) is 0 Å². The number of hydrogen-bond acceptors (Lipinski definition) is 4. The number of thiophene rings is 1. The summed E-state index contributed by atoms with van der Waals surface area (Å²) in [6, 6.07) is 4.86. The Morgan fingerprint density at radius 1 is 1.41 bits per heavy atom. The quantitative estimate of drug-likeness (QED) is 0.854. The highest BCUT2D eigenvalue weighted by molar-refractivity contribution is 7.14. The van der Waals surface area contributed by atoms with Gasteiger partial charge in [0.15, 0.2) is 0 Å². The van der Waals surface area contributed by atoms with Crippen LogP contribution in [0.3, 0.4) is 0 Å². The van der Waals surface area contributed by atoms with Crippen molar-refractivity contribution in [3.05, 3.63) is 49.8 Å². The van der Waals surface area contributed by atoms with Crippen molar-refractivity contribution in [1.82, 2.24) is 9.97 Å². The van der Waals surface area contributed by atoms with Gasteiger partial charge in [0, 0.05) is 16.6 Å². The van der Waals surface area contributed by atoms with Crippen LogP contribution < -0.4 is 5.56 Å². The Bertz CT molecular complexity index is 759. The number of aromatic amines is 1. The Morgan fingerprint density at radius 2 is 2.18 bits per heavy atom. The molecule has 0 aromatic carbocycles. The van der Waals surface area contributed by atoms with E-state index in [0.29, 0.717) is 17.1 Å². The number of rotatable bonds is 6. The molecule has 2 N–H and O–H groups in total. The second kappa shape index (κ2) is 7.17. The van der Waals surface area contributed by atoms with Crippen LogP contribution in [0.1, 0.15) is 52.8 Å². The molecule has 0 fully saturated rings. The van der Waals surface area contributed by atoms with Crippen LogP contribution in [0.5, 0.6) is 0 Å². The zero-order valence-electron chi connectivity index (χ0n) is 12.5. The number of hydrogen-bond donors (Lipinski definition) is 2. The summed E-state index contributed by atoms with van der Waals surface area (Å²) in [6.07, 6.45) is 4.26. The number of allylic oxidation sites excluding steroid dienone is 1. The van der Waals surface area contributed by atoms with Crippen molar-refractivity contribution >= 4 is 29.0 Å². The Hall–Kier alpha value is -2.21. The van der Waals surface area contributed by atoms with Crippen molar-refractivity contribution in [2.45, 2.75) is 33.1 Å². The van der Waals surface area contributed by atoms with E-state index in [1.54, 1.807) is 12.1 Å². The summed E-state index contributed by atoms with van der Waals surface area (Å²) < 4.78 is 0. The SMILES string of the molecule is CCCc1cc(=O)[nH]c(C(=Cc2ccc(C(=O)O)s2)CC)n1. The summed E-state index contributed by atoms with van der Waals surface area (Å²) in [5.41, 5.74) is 1.50. The maximum atomic E-state index is 11.8. The summed E-state index contributed by atoms with van der Waals surface area (Å²) >= 11 is 1.20. The molecule has 0 spiro atoms. The number of aryl methyl sites for hydroxylation is 1. The summed E-state index contributed by atoms with van der Waals surface area (Å²) in [4.78, 5) is 31.1. The average Bonchev–Trinajstić information content (AvgIpc) is 2.93. The second-order valence-corrected chi connectivity index (χ2v) is 5.98. The van der Waals surface area contributed by atoms with Gasteiger partial charge in [0.05, 0.1) is 0 Å². The number of nitrogens with one attached hydrogen (secondary N) is 1. The zero-order chi connectivity index (χ0) is 16.1. The minimum absolute atomic E-state index is 0.162. The van der Waals surface area contributed by atoms with Gasteiger partial charge in [-0.2, -0.15) is 0 Å². The third-order valence-corrected chi connectivity index (χ3v) is 4.16. The lowest BCUT2D eigenvalue weighted by Gasteiger charge is -2.06. The van der Waals surface area contributed by atoms with Crippen molar-refractivity contribution < 1.29 is 9.90 Å². The molecule has 0 saturated carbocycles. The lowest BCUT2D eigenvalue weighted by atomic mass is 10.1. The van der Waals surface area contributed by atoms with Crippen molar-refractivity contribution in [2.75, 3.05) is 0 Å². The van der Waals surface area contributed by atoms with Crippen LogP contribution >= 0.6 is 11.3 Å². The van der Waals surface area contributed by atoms with E-state index in [1.165, 1.54) is 17.4 Å². The van der Waals surface area contributed by atoms with Crippen molar-refractivity contribution in [3.8, 4) is 0 Å². The highest BCUT2D eigenvalue weighted by Gasteiger charge is 2.09. The molecule has 22 heavy (non-hydrogen) atoms. The molecule has 2 aromatic heterocycles. The van der Waals surface area contributed by atoms with Gasteiger partial charge in [0.25, 0.3) is 5.56 Å². The van der Waals surface area contributed by atoms with E-state index in [-0.39, 0.29) is 5.56 Å². The van der Waals surface area contributed by atoms with Crippen LogP contribution in [0.15, 0.2) is 23.0 Å². The van der Waals surface area contributed by atoms with Gasteiger partial charge in [-0.25, -0.2) is 9.78 Å². The number of carboxylic acid groups (broad SMARTS) is 1. The minimum atomic E-state index is -0.931. The van der Waals surface area contributed by atoms with Crippen molar-refractivity contribution in [3.63, 3.8) is 0 Å². The lowest BCUT2D eigenvalue weighted by Crippen LogP contribution is -2.12. The number of aromatic nitrogens is 2. The van der Waals surface area contributed by atoms with Gasteiger partial charge in [-0.05, 0) is 36.6 Å².